The Hall–Kier alpha value is -5.36. The van der Waals surface area contributed by atoms with Crippen LogP contribution in [0.2, 0.25) is 0 Å². The highest BCUT2D eigenvalue weighted by molar-refractivity contribution is 6.38. The van der Waals surface area contributed by atoms with Crippen LogP contribution in [0.3, 0.4) is 0 Å². The zero-order valence-corrected chi connectivity index (χ0v) is 32.4. The minimum atomic E-state index is -1.51. The number of nitrogens with one attached hydrogen (secondary N) is 6. The molecule has 0 saturated carbocycles. The molecular weight excluding hydrogens is 722 g/mol. The summed E-state index contributed by atoms with van der Waals surface area (Å²) in [5.41, 5.74) is 0. The Bertz CT molecular complexity index is 1450. The van der Waals surface area contributed by atoms with E-state index in [4.69, 9.17) is 5.11 Å². The Balaban J connectivity index is 3.22. The number of carboxylic acids is 2. The van der Waals surface area contributed by atoms with Crippen LogP contribution in [-0.4, -0.2) is 124 Å². The summed E-state index contributed by atoms with van der Waals surface area (Å²) in [5.74, 6) is -9.88. The van der Waals surface area contributed by atoms with Crippen LogP contribution in [-0.2, 0) is 47.9 Å². The van der Waals surface area contributed by atoms with Gasteiger partial charge in [0, 0.05) is 32.9 Å². The second kappa shape index (κ2) is 23.4. The van der Waals surface area contributed by atoms with Crippen molar-refractivity contribution in [2.45, 2.75) is 129 Å². The van der Waals surface area contributed by atoms with Gasteiger partial charge in [-0.2, -0.15) is 0 Å². The Morgan fingerprint density at radius 2 is 1.25 bits per heavy atom. The van der Waals surface area contributed by atoms with Crippen LogP contribution in [0.1, 0.15) is 92.9 Å². The molecule has 1 rings (SSSR count). The van der Waals surface area contributed by atoms with Crippen molar-refractivity contribution in [2.24, 2.45) is 11.8 Å². The number of carbonyl (C=O) groups is 10. The molecule has 19 nitrogen and oxygen atoms in total. The molecule has 1 aliphatic heterocycles. The number of Topliss-reactive ketones (excluding diaryl/α,β-unsaturated/α-hetero) is 1. The number of carboxylic acid groups (broad SMARTS) is 2. The van der Waals surface area contributed by atoms with E-state index in [2.05, 4.69) is 38.5 Å². The molecule has 7 amide bonds. The molecule has 8 N–H and O–H groups in total. The van der Waals surface area contributed by atoms with Crippen LogP contribution in [0.15, 0.2) is 12.7 Å². The van der Waals surface area contributed by atoms with Crippen LogP contribution in [0.25, 0.3) is 0 Å². The van der Waals surface area contributed by atoms with E-state index in [0.717, 1.165) is 6.92 Å². The maximum atomic E-state index is 14.0. The van der Waals surface area contributed by atoms with Gasteiger partial charge in [0.15, 0.2) is 0 Å². The zero-order valence-electron chi connectivity index (χ0n) is 32.4. The summed E-state index contributed by atoms with van der Waals surface area (Å²) >= 11 is 0. The van der Waals surface area contributed by atoms with Gasteiger partial charge in [-0.1, -0.05) is 47.1 Å². The molecule has 1 fully saturated rings. The van der Waals surface area contributed by atoms with Crippen LogP contribution in [0.5, 0.6) is 0 Å². The Labute approximate surface area is 320 Å². The van der Waals surface area contributed by atoms with Crippen molar-refractivity contribution < 1.29 is 58.2 Å². The van der Waals surface area contributed by atoms with Gasteiger partial charge in [0.25, 0.3) is 5.91 Å². The molecule has 0 aromatic carbocycles. The van der Waals surface area contributed by atoms with E-state index in [1.54, 1.807) is 34.6 Å². The lowest BCUT2D eigenvalue weighted by Crippen LogP contribution is -2.61. The Morgan fingerprint density at radius 1 is 0.727 bits per heavy atom. The van der Waals surface area contributed by atoms with Crippen molar-refractivity contribution in [1.82, 2.24) is 36.8 Å². The van der Waals surface area contributed by atoms with Gasteiger partial charge in [-0.25, -0.2) is 0 Å². The monoisotopic (exact) mass is 779 g/mol. The van der Waals surface area contributed by atoms with Crippen molar-refractivity contribution in [3.05, 3.63) is 12.7 Å². The number of likely N-dealkylation sites (tertiary alicyclic amines) is 1. The smallest absolute Gasteiger partial charge is 0.303 e. The molecule has 0 aliphatic carbocycles. The molecule has 55 heavy (non-hydrogen) atoms. The Morgan fingerprint density at radius 3 is 1.75 bits per heavy atom. The lowest BCUT2D eigenvalue weighted by molar-refractivity contribution is -0.144. The molecule has 0 radical (unpaired) electrons. The van der Waals surface area contributed by atoms with Gasteiger partial charge in [-0.3, -0.25) is 47.9 Å². The summed E-state index contributed by atoms with van der Waals surface area (Å²) in [7, 11) is 0. The summed E-state index contributed by atoms with van der Waals surface area (Å²) in [4.78, 5) is 128. The van der Waals surface area contributed by atoms with E-state index in [0.29, 0.717) is 12.8 Å². The molecule has 4 unspecified atom stereocenters. The first-order valence-electron chi connectivity index (χ1n) is 18.4. The number of aliphatic carboxylic acids is 2. The number of ketones is 1. The van der Waals surface area contributed by atoms with Crippen molar-refractivity contribution in [1.29, 1.82) is 0 Å². The predicted octanol–water partition coefficient (Wildman–Crippen LogP) is -0.866. The number of amides is 7. The van der Waals surface area contributed by atoms with Gasteiger partial charge >= 0.3 is 11.9 Å². The van der Waals surface area contributed by atoms with Crippen molar-refractivity contribution >= 4 is 59.1 Å². The van der Waals surface area contributed by atoms with Gasteiger partial charge in [0.1, 0.15) is 30.2 Å². The normalized spacial score (nSPS) is 16.4. The van der Waals surface area contributed by atoms with Gasteiger partial charge in [0.2, 0.25) is 41.2 Å². The first-order chi connectivity index (χ1) is 25.7. The minimum Gasteiger partial charge on any atom is -0.481 e. The average molecular weight is 780 g/mol. The summed E-state index contributed by atoms with van der Waals surface area (Å²) in [6.45, 7) is 13.2. The standard InChI is InChI=1S/C36H57N7O12/c1-8-11-22(30(49)35(54)37-17-9-2)39-33(52)25-12-10-18-43(25)36(55)29(20(5)6)42-34(53)28(19(3)4)41-32(51)24(14-16-27(47)48)40-31(50)23(38-21(7)44)13-15-26(45)46/h9,19-20,22-25,28-29H,2,8,10-18H2,1,3-7H3,(H,37,54)(H,38,44)(H,39,52)(H,40,50)(H,41,51)(H,42,53)(H,45,46)(H,47,48)/t22?,23?,24?,25-,28-,29?/m0/s1. The molecule has 1 aliphatic rings. The van der Waals surface area contributed by atoms with E-state index >= 15 is 0 Å². The summed E-state index contributed by atoms with van der Waals surface area (Å²) in [6.07, 6.45) is 0.975. The second-order valence-corrected chi connectivity index (χ2v) is 14.0. The fraction of sp³-hybridized carbons (Fsp3) is 0.667. The van der Waals surface area contributed by atoms with Gasteiger partial charge in [-0.05, 0) is 43.9 Å². The van der Waals surface area contributed by atoms with E-state index in [-0.39, 0.29) is 32.4 Å². The van der Waals surface area contributed by atoms with Crippen LogP contribution >= 0.6 is 0 Å². The largest absolute Gasteiger partial charge is 0.481 e. The number of rotatable bonds is 24. The molecule has 1 saturated heterocycles. The number of hydrogen-bond donors (Lipinski definition) is 8. The topological polar surface area (TPSA) is 287 Å². The fourth-order valence-electron chi connectivity index (χ4n) is 5.85. The van der Waals surface area contributed by atoms with Crippen molar-refractivity contribution in [3.63, 3.8) is 0 Å². The molecule has 0 spiro atoms. The lowest BCUT2D eigenvalue weighted by atomic mass is 9.98. The van der Waals surface area contributed by atoms with E-state index in [1.165, 1.54) is 11.0 Å². The molecule has 0 aromatic heterocycles. The van der Waals surface area contributed by atoms with E-state index < -0.39 is 126 Å². The van der Waals surface area contributed by atoms with Crippen LogP contribution in [0, 0.1) is 11.8 Å². The maximum Gasteiger partial charge on any atom is 0.303 e. The van der Waals surface area contributed by atoms with Crippen molar-refractivity contribution in [3.8, 4) is 0 Å². The van der Waals surface area contributed by atoms with Crippen LogP contribution < -0.4 is 31.9 Å². The fourth-order valence-corrected chi connectivity index (χ4v) is 5.85. The summed E-state index contributed by atoms with van der Waals surface area (Å²) in [5, 5.41) is 33.2. The first-order valence-corrected chi connectivity index (χ1v) is 18.4. The number of carbonyl (C=O) groups excluding carboxylic acids is 8. The molecule has 0 aromatic rings. The molecule has 308 valence electrons. The quantitative estimate of drug-likeness (QED) is 0.0439. The van der Waals surface area contributed by atoms with Crippen molar-refractivity contribution in [2.75, 3.05) is 13.1 Å². The summed E-state index contributed by atoms with van der Waals surface area (Å²) in [6, 6.07) is -7.46. The molecule has 1 heterocycles. The Kier molecular flexibility index (Phi) is 20.3. The predicted molar refractivity (Wildman–Crippen MR) is 197 cm³/mol. The van der Waals surface area contributed by atoms with E-state index in [1.807, 2.05) is 0 Å². The van der Waals surface area contributed by atoms with Gasteiger partial charge in [0.05, 0.1) is 6.04 Å². The highest BCUT2D eigenvalue weighted by Crippen LogP contribution is 2.21. The first kappa shape index (κ1) is 47.7. The van der Waals surface area contributed by atoms with Crippen LogP contribution in [0.4, 0.5) is 0 Å². The summed E-state index contributed by atoms with van der Waals surface area (Å²) < 4.78 is 0. The van der Waals surface area contributed by atoms with E-state index in [9.17, 15) is 53.1 Å². The third kappa shape index (κ3) is 15.9. The highest BCUT2D eigenvalue weighted by Gasteiger charge is 2.41. The SMILES string of the molecule is C=CCNC(=O)C(=O)C(CCC)NC(=O)[C@@H]1CCCN1C(=O)C(NC(=O)[C@@H](NC(=O)C(CCC(=O)O)NC(=O)C(CCC(=O)O)NC(C)=O)C(C)C)C(C)C. The second-order valence-electron chi connectivity index (χ2n) is 14.0. The minimum absolute atomic E-state index is 0.0599. The number of hydrogen-bond acceptors (Lipinski definition) is 10. The molecule has 6 atom stereocenters. The zero-order chi connectivity index (χ0) is 42.0. The molecular formula is C36H57N7O12. The lowest BCUT2D eigenvalue weighted by Gasteiger charge is -2.33. The van der Waals surface area contributed by atoms with Gasteiger partial charge in [-0.15, -0.1) is 6.58 Å². The van der Waals surface area contributed by atoms with Gasteiger partial charge < -0.3 is 47.0 Å². The number of nitrogens with zero attached hydrogens (tertiary/aromatic N) is 1. The molecule has 0 bridgehead atoms. The highest BCUT2D eigenvalue weighted by atomic mass is 16.4. The molecule has 19 heteroatoms. The third-order valence-corrected chi connectivity index (χ3v) is 8.78. The third-order valence-electron chi connectivity index (χ3n) is 8.78. The maximum absolute atomic E-state index is 14.0. The average Bonchev–Trinajstić information content (AvgIpc) is 3.60.